The Balaban J connectivity index is 1.43. The van der Waals surface area contributed by atoms with Gasteiger partial charge in [-0.05, 0) is 72.5 Å². The second-order valence-electron chi connectivity index (χ2n) is 9.13. The highest BCUT2D eigenvalue weighted by Crippen LogP contribution is 2.35. The van der Waals surface area contributed by atoms with Gasteiger partial charge in [-0.2, -0.15) is 13.8 Å². The largest absolute Gasteiger partial charge is 0.378 e. The summed E-state index contributed by atoms with van der Waals surface area (Å²) in [7, 11) is -3.18. The van der Waals surface area contributed by atoms with Crippen LogP contribution in [0.2, 0.25) is 0 Å². The first-order chi connectivity index (χ1) is 17.7. The van der Waals surface area contributed by atoms with Crippen molar-refractivity contribution in [2.45, 2.75) is 24.8 Å². The van der Waals surface area contributed by atoms with Crippen molar-refractivity contribution >= 4 is 33.9 Å². The van der Waals surface area contributed by atoms with E-state index in [2.05, 4.69) is 20.6 Å². The molecule has 1 atom stereocenters. The van der Waals surface area contributed by atoms with E-state index in [1.807, 2.05) is 24.3 Å². The molecule has 2 aromatic heterocycles. The molecular formula is C26H25F2N5O3S. The number of halogens is 2. The molecule has 1 aromatic carbocycles. The third-order valence-electron chi connectivity index (χ3n) is 6.73. The first kappa shape index (κ1) is 25.0. The van der Waals surface area contributed by atoms with Gasteiger partial charge >= 0.3 is 0 Å². The number of rotatable bonds is 6. The number of carbonyl (C=O) groups excluding carboxylic acids is 1. The molecule has 1 saturated heterocycles. The van der Waals surface area contributed by atoms with Crippen LogP contribution >= 0.6 is 0 Å². The van der Waals surface area contributed by atoms with Crippen LogP contribution in [0.15, 0.2) is 48.7 Å². The van der Waals surface area contributed by atoms with Crippen molar-refractivity contribution in [2.75, 3.05) is 24.7 Å². The molecule has 0 saturated carbocycles. The van der Waals surface area contributed by atoms with Gasteiger partial charge < -0.3 is 15.4 Å². The van der Waals surface area contributed by atoms with Crippen molar-refractivity contribution in [1.82, 2.24) is 19.6 Å². The van der Waals surface area contributed by atoms with Crippen LogP contribution in [0, 0.1) is 11.9 Å². The van der Waals surface area contributed by atoms with Crippen LogP contribution in [0.5, 0.6) is 0 Å². The van der Waals surface area contributed by atoms with Gasteiger partial charge in [0.25, 0.3) is 0 Å². The Labute approximate surface area is 213 Å². The van der Waals surface area contributed by atoms with Crippen LogP contribution in [0.3, 0.4) is 0 Å². The van der Waals surface area contributed by atoms with E-state index in [-0.39, 0.29) is 17.2 Å². The van der Waals surface area contributed by atoms with Gasteiger partial charge in [0.05, 0.1) is 17.5 Å². The van der Waals surface area contributed by atoms with Crippen molar-refractivity contribution in [2.24, 2.45) is 0 Å². The minimum absolute atomic E-state index is 0.0395. The summed E-state index contributed by atoms with van der Waals surface area (Å²) >= 11 is 0. The van der Waals surface area contributed by atoms with E-state index in [0.717, 1.165) is 30.8 Å². The van der Waals surface area contributed by atoms with Crippen molar-refractivity contribution < 1.29 is 22.0 Å². The lowest BCUT2D eigenvalue weighted by atomic mass is 9.90. The van der Waals surface area contributed by atoms with Crippen molar-refractivity contribution in [3.8, 4) is 11.3 Å². The minimum atomic E-state index is -3.18. The number of piperidine rings is 1. The third kappa shape index (κ3) is 5.23. The van der Waals surface area contributed by atoms with E-state index in [0.29, 0.717) is 35.7 Å². The zero-order chi connectivity index (χ0) is 26.2. The fourth-order valence-corrected chi connectivity index (χ4v) is 5.68. The summed E-state index contributed by atoms with van der Waals surface area (Å²) in [4.78, 5) is 19.6. The molecule has 0 amide bonds. The second kappa shape index (κ2) is 9.98. The number of nitrogens with one attached hydrogen (secondary N) is 2. The average Bonchev–Trinajstić information content (AvgIpc) is 2.88. The number of nitrogens with zero attached hydrogens (tertiary/aromatic N) is 3. The van der Waals surface area contributed by atoms with Gasteiger partial charge in [0, 0.05) is 24.3 Å². The molecule has 0 bridgehead atoms. The summed E-state index contributed by atoms with van der Waals surface area (Å²) in [5.41, 5.74) is 3.38. The van der Waals surface area contributed by atoms with Gasteiger partial charge in [0.15, 0.2) is 0 Å². The average molecular weight is 526 g/mol. The van der Waals surface area contributed by atoms with E-state index < -0.39 is 28.0 Å². The summed E-state index contributed by atoms with van der Waals surface area (Å²) in [6, 6.07) is 11.1. The van der Waals surface area contributed by atoms with Crippen molar-refractivity contribution in [1.29, 1.82) is 0 Å². The fourth-order valence-electron chi connectivity index (χ4n) is 4.80. The standard InChI is InChI=1S/C26H25F2N5O3S/c1-37(35,36)33-12-9-17(10-13-33)16-2-4-19(5-3-16)30-26-24-18(8-11-29-22(24)15-34)14-21(31-26)20-6-7-23(27)32-25(20)28/h2-8,11,14-15,17,22,29H,9-10,12-13H2,1H3,(H,30,31). The molecule has 0 spiro atoms. The number of hydrogen-bond acceptors (Lipinski definition) is 7. The molecule has 8 nitrogen and oxygen atoms in total. The molecule has 0 radical (unpaired) electrons. The van der Waals surface area contributed by atoms with Gasteiger partial charge in [-0.25, -0.2) is 17.7 Å². The number of benzene rings is 1. The Morgan fingerprint density at radius 2 is 1.81 bits per heavy atom. The topological polar surface area (TPSA) is 104 Å². The van der Waals surface area contributed by atoms with Crippen LogP contribution < -0.4 is 10.6 Å². The maximum atomic E-state index is 14.4. The lowest BCUT2D eigenvalue weighted by Crippen LogP contribution is -2.37. The van der Waals surface area contributed by atoms with Crippen molar-refractivity contribution in [3.63, 3.8) is 0 Å². The molecule has 2 N–H and O–H groups in total. The van der Waals surface area contributed by atoms with Crippen LogP contribution in [0.1, 0.15) is 41.5 Å². The Kier molecular flexibility index (Phi) is 6.74. The number of carbonyl (C=O) groups is 1. The van der Waals surface area contributed by atoms with Gasteiger partial charge in [-0.3, -0.25) is 0 Å². The maximum absolute atomic E-state index is 14.4. The van der Waals surface area contributed by atoms with Crippen LogP contribution in [-0.2, 0) is 14.8 Å². The predicted molar refractivity (Wildman–Crippen MR) is 136 cm³/mol. The molecule has 37 heavy (non-hydrogen) atoms. The first-order valence-corrected chi connectivity index (χ1v) is 13.6. The van der Waals surface area contributed by atoms with Crippen LogP contribution in [-0.4, -0.2) is 48.3 Å². The molecule has 5 rings (SSSR count). The molecule has 11 heteroatoms. The normalized spacial score (nSPS) is 18.2. The fraction of sp³-hybridized carbons (Fsp3) is 0.269. The zero-order valence-electron chi connectivity index (χ0n) is 20.0. The molecule has 2 aliphatic heterocycles. The van der Waals surface area contributed by atoms with E-state index in [4.69, 9.17) is 0 Å². The quantitative estimate of drug-likeness (QED) is 0.369. The predicted octanol–water partition coefficient (Wildman–Crippen LogP) is 4.12. The highest BCUT2D eigenvalue weighted by Gasteiger charge is 2.26. The van der Waals surface area contributed by atoms with Crippen LogP contribution in [0.25, 0.3) is 17.3 Å². The number of fused-ring (bicyclic) bond motifs is 1. The summed E-state index contributed by atoms with van der Waals surface area (Å²) in [6.45, 7) is 0.990. The van der Waals surface area contributed by atoms with E-state index in [1.54, 1.807) is 18.3 Å². The van der Waals surface area contributed by atoms with Gasteiger partial charge in [-0.1, -0.05) is 12.1 Å². The zero-order valence-corrected chi connectivity index (χ0v) is 20.8. The monoisotopic (exact) mass is 525 g/mol. The van der Waals surface area contributed by atoms with E-state index in [9.17, 15) is 22.0 Å². The molecule has 2 aliphatic rings. The number of hydrogen-bond donors (Lipinski definition) is 2. The van der Waals surface area contributed by atoms with Gasteiger partial charge in [0.2, 0.25) is 21.9 Å². The highest BCUT2D eigenvalue weighted by molar-refractivity contribution is 7.88. The SMILES string of the molecule is CS(=O)(=O)N1CCC(c2ccc(Nc3nc(-c4ccc(F)nc4F)cc4c3C(C=O)NC=C4)cc2)CC1. The van der Waals surface area contributed by atoms with Crippen LogP contribution in [0.4, 0.5) is 20.3 Å². The lowest BCUT2D eigenvalue weighted by Gasteiger charge is -2.30. The molecule has 3 aromatic rings. The molecule has 192 valence electrons. The minimum Gasteiger partial charge on any atom is -0.378 e. The summed E-state index contributed by atoms with van der Waals surface area (Å²) < 4.78 is 52.9. The molecule has 1 unspecified atom stereocenters. The Bertz CT molecular complexity index is 1470. The Morgan fingerprint density at radius 3 is 2.46 bits per heavy atom. The Morgan fingerprint density at radius 1 is 1.08 bits per heavy atom. The molecule has 1 fully saturated rings. The number of pyridine rings is 2. The van der Waals surface area contributed by atoms with E-state index >= 15 is 0 Å². The number of sulfonamides is 1. The smallest absolute Gasteiger partial charge is 0.224 e. The molecular weight excluding hydrogens is 500 g/mol. The van der Waals surface area contributed by atoms with Gasteiger partial charge in [0.1, 0.15) is 18.1 Å². The third-order valence-corrected chi connectivity index (χ3v) is 8.04. The number of anilines is 2. The first-order valence-electron chi connectivity index (χ1n) is 11.8. The second-order valence-corrected chi connectivity index (χ2v) is 11.1. The van der Waals surface area contributed by atoms with E-state index in [1.165, 1.54) is 16.6 Å². The van der Waals surface area contributed by atoms with Gasteiger partial charge in [-0.15, -0.1) is 0 Å². The lowest BCUT2D eigenvalue weighted by molar-refractivity contribution is -0.109. The number of aromatic nitrogens is 2. The number of aldehydes is 1. The van der Waals surface area contributed by atoms with Crippen molar-refractivity contribution in [3.05, 3.63) is 77.3 Å². The summed E-state index contributed by atoms with van der Waals surface area (Å²) in [5, 5.41) is 6.23. The summed E-state index contributed by atoms with van der Waals surface area (Å²) in [6.07, 6.45) is 6.88. The highest BCUT2D eigenvalue weighted by atomic mass is 32.2. The summed E-state index contributed by atoms with van der Waals surface area (Å²) in [5.74, 6) is -1.29. The molecule has 0 aliphatic carbocycles. The molecule has 4 heterocycles. The maximum Gasteiger partial charge on any atom is 0.224 e. The Hall–Kier alpha value is -3.70.